The third kappa shape index (κ3) is 2.91. The molecule has 2 heterocycles. The molecule has 3 rings (SSSR count). The lowest BCUT2D eigenvalue weighted by molar-refractivity contribution is -0.135. The van der Waals surface area contributed by atoms with E-state index in [9.17, 15) is 4.79 Å². The van der Waals surface area contributed by atoms with Crippen molar-refractivity contribution in [1.82, 2.24) is 9.80 Å². The maximum atomic E-state index is 12.6. The summed E-state index contributed by atoms with van der Waals surface area (Å²) in [6.07, 6.45) is 5.37. The molecular weight excluding hydrogens is 272 g/mol. The van der Waals surface area contributed by atoms with Gasteiger partial charge >= 0.3 is 0 Å². The summed E-state index contributed by atoms with van der Waals surface area (Å²) in [6.45, 7) is 4.06. The van der Waals surface area contributed by atoms with Gasteiger partial charge in [-0.3, -0.25) is 4.79 Å². The third-order valence-electron chi connectivity index (χ3n) is 5.52. The zero-order chi connectivity index (χ0) is 15.5. The summed E-state index contributed by atoms with van der Waals surface area (Å²) >= 11 is 0. The Kier molecular flexibility index (Phi) is 4.82. The average Bonchev–Trinajstić information content (AvgIpc) is 2.79. The Balaban J connectivity index is 1.97. The number of likely N-dealkylation sites (N-methyl/N-ethyl adjacent to an activating group) is 1. The van der Waals surface area contributed by atoms with Crippen molar-refractivity contribution >= 4 is 5.91 Å². The van der Waals surface area contributed by atoms with E-state index in [2.05, 4.69) is 47.2 Å². The van der Waals surface area contributed by atoms with Crippen molar-refractivity contribution in [2.75, 3.05) is 20.1 Å². The smallest absolute Gasteiger partial charge is 0.222 e. The highest BCUT2D eigenvalue weighted by atomic mass is 16.2. The number of likely N-dealkylation sites (tertiary alicyclic amines) is 2. The van der Waals surface area contributed by atoms with E-state index in [1.54, 1.807) is 0 Å². The molecule has 3 atom stereocenters. The van der Waals surface area contributed by atoms with Gasteiger partial charge in [-0.2, -0.15) is 0 Å². The number of carbonyl (C=O) groups is 1. The van der Waals surface area contributed by atoms with Crippen molar-refractivity contribution in [2.45, 2.75) is 57.0 Å². The first-order valence-electron chi connectivity index (χ1n) is 8.77. The summed E-state index contributed by atoms with van der Waals surface area (Å²) in [7, 11) is 2.23. The summed E-state index contributed by atoms with van der Waals surface area (Å²) in [6, 6.07) is 11.7. The molecule has 2 aliphatic rings. The lowest BCUT2D eigenvalue weighted by Crippen LogP contribution is -2.58. The van der Waals surface area contributed by atoms with E-state index in [0.717, 1.165) is 25.9 Å². The average molecular weight is 300 g/mol. The Morgan fingerprint density at radius 1 is 1.14 bits per heavy atom. The number of fused-ring (bicyclic) bond motifs is 1. The highest BCUT2D eigenvalue weighted by Crippen LogP contribution is 2.38. The largest absolute Gasteiger partial charge is 0.338 e. The van der Waals surface area contributed by atoms with Gasteiger partial charge in [0, 0.05) is 24.9 Å². The molecule has 3 nitrogen and oxygen atoms in total. The molecule has 1 amide bonds. The Labute approximate surface area is 134 Å². The molecule has 2 fully saturated rings. The number of hydrogen-bond acceptors (Lipinski definition) is 2. The number of benzene rings is 1. The minimum absolute atomic E-state index is 0.327. The lowest BCUT2D eigenvalue weighted by Gasteiger charge is -2.48. The van der Waals surface area contributed by atoms with Crippen LogP contribution < -0.4 is 0 Å². The highest BCUT2D eigenvalue weighted by Gasteiger charge is 2.42. The van der Waals surface area contributed by atoms with Crippen LogP contribution in [0.4, 0.5) is 0 Å². The highest BCUT2D eigenvalue weighted by molar-refractivity contribution is 5.76. The predicted molar refractivity (Wildman–Crippen MR) is 89.9 cm³/mol. The molecule has 2 saturated heterocycles. The van der Waals surface area contributed by atoms with Crippen LogP contribution in [0, 0.1) is 0 Å². The van der Waals surface area contributed by atoms with Gasteiger partial charge in [0.05, 0.1) is 6.04 Å². The molecule has 120 valence electrons. The van der Waals surface area contributed by atoms with Crippen molar-refractivity contribution in [3.8, 4) is 0 Å². The van der Waals surface area contributed by atoms with Gasteiger partial charge in [0.15, 0.2) is 0 Å². The Morgan fingerprint density at radius 2 is 1.91 bits per heavy atom. The van der Waals surface area contributed by atoms with E-state index in [1.807, 2.05) is 6.92 Å². The van der Waals surface area contributed by atoms with Gasteiger partial charge in [-0.15, -0.1) is 0 Å². The SMILES string of the molecule is CCC(=O)N1CCCC[C@@H]2[C@H]1[C@@H](c1ccccc1)CCN2C. The summed E-state index contributed by atoms with van der Waals surface area (Å²) < 4.78 is 0. The topological polar surface area (TPSA) is 23.6 Å². The monoisotopic (exact) mass is 300 g/mol. The molecule has 0 radical (unpaired) electrons. The quantitative estimate of drug-likeness (QED) is 0.837. The normalized spacial score (nSPS) is 29.7. The molecular formula is C19H28N2O. The fourth-order valence-electron chi connectivity index (χ4n) is 4.37. The standard InChI is InChI=1S/C19H28N2O/c1-3-18(22)21-13-8-7-11-17-19(21)16(12-14-20(17)2)15-9-5-4-6-10-15/h4-6,9-10,16-17,19H,3,7-8,11-14H2,1-2H3/t16-,17-,19-/m1/s1. The summed E-state index contributed by atoms with van der Waals surface area (Å²) in [4.78, 5) is 17.3. The number of carbonyl (C=O) groups excluding carboxylic acids is 1. The Bertz CT molecular complexity index is 501. The van der Waals surface area contributed by atoms with E-state index in [-0.39, 0.29) is 0 Å². The van der Waals surface area contributed by atoms with Crippen LogP contribution in [-0.2, 0) is 4.79 Å². The summed E-state index contributed by atoms with van der Waals surface area (Å²) in [5.41, 5.74) is 1.40. The summed E-state index contributed by atoms with van der Waals surface area (Å²) in [5.74, 6) is 0.809. The van der Waals surface area contributed by atoms with E-state index in [4.69, 9.17) is 0 Å². The minimum atomic E-state index is 0.327. The van der Waals surface area contributed by atoms with Gasteiger partial charge in [-0.1, -0.05) is 43.7 Å². The van der Waals surface area contributed by atoms with Crippen LogP contribution in [0.3, 0.4) is 0 Å². The van der Waals surface area contributed by atoms with Gasteiger partial charge in [0.25, 0.3) is 0 Å². The first-order chi connectivity index (χ1) is 10.7. The summed E-state index contributed by atoms with van der Waals surface area (Å²) in [5, 5.41) is 0. The fraction of sp³-hybridized carbons (Fsp3) is 0.632. The molecule has 0 aromatic heterocycles. The number of piperidine rings is 1. The van der Waals surface area contributed by atoms with Crippen LogP contribution in [0.25, 0.3) is 0 Å². The molecule has 0 spiro atoms. The van der Waals surface area contributed by atoms with Crippen LogP contribution in [-0.4, -0.2) is 47.9 Å². The second-order valence-electron chi connectivity index (χ2n) is 6.78. The van der Waals surface area contributed by atoms with Crippen LogP contribution in [0.1, 0.15) is 50.5 Å². The van der Waals surface area contributed by atoms with Gasteiger partial charge in [-0.25, -0.2) is 0 Å². The van der Waals surface area contributed by atoms with Crippen molar-refractivity contribution in [3.63, 3.8) is 0 Å². The third-order valence-corrected chi connectivity index (χ3v) is 5.52. The van der Waals surface area contributed by atoms with Crippen molar-refractivity contribution in [3.05, 3.63) is 35.9 Å². The Hall–Kier alpha value is -1.35. The predicted octanol–water partition coefficient (Wildman–Crippen LogP) is 3.27. The van der Waals surface area contributed by atoms with E-state index in [0.29, 0.717) is 30.3 Å². The number of rotatable bonds is 2. The van der Waals surface area contributed by atoms with Crippen molar-refractivity contribution in [1.29, 1.82) is 0 Å². The van der Waals surface area contributed by atoms with Gasteiger partial charge < -0.3 is 9.80 Å². The van der Waals surface area contributed by atoms with E-state index in [1.165, 1.54) is 18.4 Å². The maximum absolute atomic E-state index is 12.6. The Morgan fingerprint density at radius 3 is 2.64 bits per heavy atom. The van der Waals surface area contributed by atoms with Crippen LogP contribution in [0.2, 0.25) is 0 Å². The molecule has 22 heavy (non-hydrogen) atoms. The second kappa shape index (κ2) is 6.82. The van der Waals surface area contributed by atoms with Gasteiger partial charge in [0.2, 0.25) is 5.91 Å². The number of hydrogen-bond donors (Lipinski definition) is 0. The van der Waals surface area contributed by atoms with Crippen LogP contribution in [0.15, 0.2) is 30.3 Å². The first kappa shape index (κ1) is 15.5. The van der Waals surface area contributed by atoms with Crippen LogP contribution in [0.5, 0.6) is 0 Å². The molecule has 0 saturated carbocycles. The molecule has 1 aromatic rings. The van der Waals surface area contributed by atoms with E-state index >= 15 is 0 Å². The fourth-order valence-corrected chi connectivity index (χ4v) is 4.37. The van der Waals surface area contributed by atoms with Crippen LogP contribution >= 0.6 is 0 Å². The maximum Gasteiger partial charge on any atom is 0.222 e. The molecule has 2 aliphatic heterocycles. The minimum Gasteiger partial charge on any atom is -0.338 e. The lowest BCUT2D eigenvalue weighted by atomic mass is 9.79. The molecule has 0 N–H and O–H groups in total. The number of nitrogens with zero attached hydrogens (tertiary/aromatic N) is 2. The van der Waals surface area contributed by atoms with Crippen molar-refractivity contribution < 1.29 is 4.79 Å². The number of amides is 1. The molecule has 3 heteroatoms. The zero-order valence-electron chi connectivity index (χ0n) is 13.9. The molecule has 0 aliphatic carbocycles. The zero-order valence-corrected chi connectivity index (χ0v) is 13.9. The van der Waals surface area contributed by atoms with Gasteiger partial charge in [-0.05, 0) is 38.4 Å². The molecule has 0 unspecified atom stereocenters. The van der Waals surface area contributed by atoms with Gasteiger partial charge in [0.1, 0.15) is 0 Å². The second-order valence-corrected chi connectivity index (χ2v) is 6.78. The van der Waals surface area contributed by atoms with E-state index < -0.39 is 0 Å². The molecule has 1 aromatic carbocycles. The van der Waals surface area contributed by atoms with Crippen molar-refractivity contribution in [2.24, 2.45) is 0 Å². The molecule has 0 bridgehead atoms. The first-order valence-corrected chi connectivity index (χ1v) is 8.77.